The first-order valence-electron chi connectivity index (χ1n) is 9.08. The van der Waals surface area contributed by atoms with Gasteiger partial charge in [-0.05, 0) is 32.5 Å². The Balaban J connectivity index is 1.74. The zero-order chi connectivity index (χ0) is 16.7. The molecule has 2 aliphatic heterocycles. The summed E-state index contributed by atoms with van der Waals surface area (Å²) >= 11 is 2.11. The Morgan fingerprint density at radius 1 is 1.22 bits per heavy atom. The fraction of sp³-hybridized carbons (Fsp3) is 0.941. The van der Waals surface area contributed by atoms with E-state index in [0.29, 0.717) is 0 Å². The van der Waals surface area contributed by atoms with E-state index in [1.807, 2.05) is 7.05 Å². The molecule has 134 valence electrons. The quantitative estimate of drug-likeness (QED) is 0.615. The van der Waals surface area contributed by atoms with Crippen LogP contribution < -0.4 is 5.32 Å². The molecule has 0 spiro atoms. The molecule has 0 bridgehead atoms. The molecule has 2 heterocycles. The highest BCUT2D eigenvalue weighted by molar-refractivity contribution is 8.00. The number of thioether (sulfide) groups is 1. The first-order valence-corrected chi connectivity index (χ1v) is 10.1. The van der Waals surface area contributed by atoms with Gasteiger partial charge in [0.05, 0.1) is 0 Å². The molecular formula is C17H35N5S. The molecule has 1 N–H and O–H groups in total. The van der Waals surface area contributed by atoms with Crippen molar-refractivity contribution in [1.82, 2.24) is 20.0 Å². The smallest absolute Gasteiger partial charge is 0.193 e. The fourth-order valence-electron chi connectivity index (χ4n) is 3.25. The second-order valence-electron chi connectivity index (χ2n) is 7.07. The van der Waals surface area contributed by atoms with Gasteiger partial charge in [-0.3, -0.25) is 4.99 Å². The van der Waals surface area contributed by atoms with Gasteiger partial charge in [0.15, 0.2) is 5.96 Å². The molecule has 5 nitrogen and oxygen atoms in total. The van der Waals surface area contributed by atoms with Gasteiger partial charge in [-0.15, -0.1) is 0 Å². The van der Waals surface area contributed by atoms with E-state index in [0.717, 1.165) is 43.3 Å². The lowest BCUT2D eigenvalue weighted by atomic mass is 10.1. The Bertz CT molecular complexity index is 374. The first-order chi connectivity index (χ1) is 11.1. The minimum atomic E-state index is 0.725. The van der Waals surface area contributed by atoms with Crippen molar-refractivity contribution in [3.8, 4) is 0 Å². The highest BCUT2D eigenvalue weighted by atomic mass is 32.2. The van der Waals surface area contributed by atoms with E-state index >= 15 is 0 Å². The minimum Gasteiger partial charge on any atom is -0.355 e. The predicted molar refractivity (Wildman–Crippen MR) is 103 cm³/mol. The zero-order valence-corrected chi connectivity index (χ0v) is 16.2. The first kappa shape index (κ1) is 18.9. The Kier molecular flexibility index (Phi) is 7.99. The molecule has 0 aromatic rings. The van der Waals surface area contributed by atoms with Gasteiger partial charge in [0, 0.05) is 57.3 Å². The predicted octanol–water partition coefficient (Wildman–Crippen LogP) is 1.27. The van der Waals surface area contributed by atoms with Crippen LogP contribution in [0.15, 0.2) is 4.99 Å². The second-order valence-corrected chi connectivity index (χ2v) is 8.42. The van der Waals surface area contributed by atoms with Crippen molar-refractivity contribution in [2.45, 2.75) is 25.5 Å². The van der Waals surface area contributed by atoms with E-state index < -0.39 is 0 Å². The maximum Gasteiger partial charge on any atom is 0.193 e. The van der Waals surface area contributed by atoms with E-state index in [4.69, 9.17) is 0 Å². The molecule has 1 atom stereocenters. The molecule has 2 saturated heterocycles. The third-order valence-corrected chi connectivity index (χ3v) is 6.41. The third-order valence-electron chi connectivity index (χ3n) is 4.87. The summed E-state index contributed by atoms with van der Waals surface area (Å²) in [6, 6.07) is 0. The number of hydrogen-bond acceptors (Lipinski definition) is 4. The average Bonchev–Trinajstić information content (AvgIpc) is 2.76. The SMILES string of the molecule is CN=C(NCCN1CCCN(C)CC1)N1CCSC(C(C)C)C1. The summed E-state index contributed by atoms with van der Waals surface area (Å²) in [6.45, 7) is 13.8. The average molecular weight is 342 g/mol. The van der Waals surface area contributed by atoms with Gasteiger partial charge in [0.2, 0.25) is 0 Å². The van der Waals surface area contributed by atoms with Gasteiger partial charge in [0.25, 0.3) is 0 Å². The molecule has 23 heavy (non-hydrogen) atoms. The van der Waals surface area contributed by atoms with Crippen molar-refractivity contribution in [2.24, 2.45) is 10.9 Å². The number of guanidine groups is 1. The highest BCUT2D eigenvalue weighted by Gasteiger charge is 2.24. The van der Waals surface area contributed by atoms with Crippen LogP contribution in [0, 0.1) is 5.92 Å². The largest absolute Gasteiger partial charge is 0.355 e. The topological polar surface area (TPSA) is 34.1 Å². The van der Waals surface area contributed by atoms with Crippen LogP contribution in [0.4, 0.5) is 0 Å². The van der Waals surface area contributed by atoms with E-state index in [2.05, 4.69) is 57.7 Å². The van der Waals surface area contributed by atoms with Crippen LogP contribution in [0.3, 0.4) is 0 Å². The van der Waals surface area contributed by atoms with Gasteiger partial charge in [-0.1, -0.05) is 13.8 Å². The third kappa shape index (κ3) is 6.16. The van der Waals surface area contributed by atoms with Gasteiger partial charge >= 0.3 is 0 Å². The van der Waals surface area contributed by atoms with Crippen molar-refractivity contribution in [3.05, 3.63) is 0 Å². The van der Waals surface area contributed by atoms with Crippen LogP contribution in [-0.2, 0) is 0 Å². The van der Waals surface area contributed by atoms with Crippen LogP contribution in [0.25, 0.3) is 0 Å². The number of aliphatic imine (C=N–C) groups is 1. The van der Waals surface area contributed by atoms with Crippen molar-refractivity contribution in [3.63, 3.8) is 0 Å². The summed E-state index contributed by atoms with van der Waals surface area (Å²) in [7, 11) is 4.14. The Morgan fingerprint density at radius 3 is 2.78 bits per heavy atom. The molecular weight excluding hydrogens is 306 g/mol. The van der Waals surface area contributed by atoms with Crippen LogP contribution in [0.5, 0.6) is 0 Å². The van der Waals surface area contributed by atoms with Crippen LogP contribution in [0.2, 0.25) is 0 Å². The second kappa shape index (κ2) is 9.74. The van der Waals surface area contributed by atoms with Crippen LogP contribution in [0.1, 0.15) is 20.3 Å². The molecule has 1 unspecified atom stereocenters. The normalized spacial score (nSPS) is 25.7. The summed E-state index contributed by atoms with van der Waals surface area (Å²) in [5, 5.41) is 4.31. The van der Waals surface area contributed by atoms with Gasteiger partial charge in [-0.25, -0.2) is 0 Å². The van der Waals surface area contributed by atoms with E-state index in [1.54, 1.807) is 0 Å². The van der Waals surface area contributed by atoms with Crippen molar-refractivity contribution >= 4 is 17.7 Å². The van der Waals surface area contributed by atoms with Crippen molar-refractivity contribution in [2.75, 3.05) is 72.2 Å². The van der Waals surface area contributed by atoms with Crippen LogP contribution in [-0.4, -0.2) is 98.1 Å². The van der Waals surface area contributed by atoms with Gasteiger partial charge < -0.3 is 20.0 Å². The van der Waals surface area contributed by atoms with Crippen molar-refractivity contribution < 1.29 is 0 Å². The van der Waals surface area contributed by atoms with E-state index in [-0.39, 0.29) is 0 Å². The standard InChI is InChI=1S/C17H35N5S/c1-15(2)16-14-22(12-13-23-16)17(18-3)19-6-9-21-8-5-7-20(4)10-11-21/h15-16H,5-14H2,1-4H3,(H,18,19). The summed E-state index contributed by atoms with van der Waals surface area (Å²) in [5.41, 5.74) is 0. The molecule has 0 radical (unpaired) electrons. The molecule has 2 rings (SSSR count). The summed E-state index contributed by atoms with van der Waals surface area (Å²) in [6.07, 6.45) is 1.28. The minimum absolute atomic E-state index is 0.725. The summed E-state index contributed by atoms with van der Waals surface area (Å²) in [5.74, 6) is 3.03. The molecule has 0 aliphatic carbocycles. The Labute approximate surface area is 146 Å². The maximum atomic E-state index is 4.51. The number of rotatable bonds is 4. The van der Waals surface area contributed by atoms with Crippen LogP contribution >= 0.6 is 11.8 Å². The molecule has 0 aromatic carbocycles. The molecule has 2 fully saturated rings. The molecule has 0 amide bonds. The number of likely N-dealkylation sites (N-methyl/N-ethyl adjacent to an activating group) is 1. The van der Waals surface area contributed by atoms with Crippen molar-refractivity contribution in [1.29, 1.82) is 0 Å². The summed E-state index contributed by atoms with van der Waals surface area (Å²) < 4.78 is 0. The molecule has 2 aliphatic rings. The maximum absolute atomic E-state index is 4.51. The lowest BCUT2D eigenvalue weighted by molar-refractivity contribution is 0.278. The highest BCUT2D eigenvalue weighted by Crippen LogP contribution is 2.24. The van der Waals surface area contributed by atoms with E-state index in [1.165, 1.54) is 38.4 Å². The summed E-state index contributed by atoms with van der Waals surface area (Å²) in [4.78, 5) is 12.0. The van der Waals surface area contributed by atoms with Gasteiger partial charge in [0.1, 0.15) is 0 Å². The lowest BCUT2D eigenvalue weighted by Gasteiger charge is -2.36. The Morgan fingerprint density at radius 2 is 2.04 bits per heavy atom. The number of nitrogens with zero attached hydrogens (tertiary/aromatic N) is 4. The molecule has 0 aromatic heterocycles. The number of nitrogens with one attached hydrogen (secondary N) is 1. The fourth-order valence-corrected chi connectivity index (χ4v) is 4.55. The lowest BCUT2D eigenvalue weighted by Crippen LogP contribution is -2.50. The Hall–Kier alpha value is -0.460. The zero-order valence-electron chi connectivity index (χ0n) is 15.4. The monoisotopic (exact) mass is 341 g/mol. The molecule has 6 heteroatoms. The van der Waals surface area contributed by atoms with Gasteiger partial charge in [-0.2, -0.15) is 11.8 Å². The van der Waals surface area contributed by atoms with E-state index in [9.17, 15) is 0 Å². The molecule has 0 saturated carbocycles. The number of hydrogen-bond donors (Lipinski definition) is 1.